The van der Waals surface area contributed by atoms with Gasteiger partial charge in [0.2, 0.25) is 0 Å². The molecule has 6 heteroatoms. The molecule has 4 rings (SSSR count). The van der Waals surface area contributed by atoms with Crippen LogP contribution in [-0.4, -0.2) is 25.8 Å². The van der Waals surface area contributed by atoms with Crippen LogP contribution in [0, 0.1) is 6.92 Å². The maximum absolute atomic E-state index is 4.54. The highest BCUT2D eigenvalue weighted by molar-refractivity contribution is 7.15. The number of nitrogens with one attached hydrogen (secondary N) is 1. The van der Waals surface area contributed by atoms with Crippen molar-refractivity contribution in [1.29, 1.82) is 0 Å². The molecule has 1 N–H and O–H groups in total. The minimum Gasteiger partial charge on any atom is -0.307 e. The Hall–Kier alpha value is -2.05. The lowest BCUT2D eigenvalue weighted by molar-refractivity contribution is 0.358. The fraction of sp³-hybridized carbons (Fsp3) is 0.353. The normalized spacial score (nSPS) is 17.2. The fourth-order valence-electron chi connectivity index (χ4n) is 2.95. The Kier molecular flexibility index (Phi) is 3.93. The zero-order valence-electron chi connectivity index (χ0n) is 13.1. The lowest BCUT2D eigenvalue weighted by atomic mass is 10.1. The molecule has 3 heterocycles. The Morgan fingerprint density at radius 1 is 1.30 bits per heavy atom. The molecule has 0 bridgehead atoms. The molecule has 23 heavy (non-hydrogen) atoms. The Morgan fingerprint density at radius 3 is 3.04 bits per heavy atom. The van der Waals surface area contributed by atoms with Crippen LogP contribution in [0.1, 0.15) is 22.9 Å². The molecule has 0 radical (unpaired) electrons. The van der Waals surface area contributed by atoms with Gasteiger partial charge in [0.1, 0.15) is 16.7 Å². The van der Waals surface area contributed by atoms with Gasteiger partial charge in [-0.05, 0) is 13.3 Å². The third-order valence-electron chi connectivity index (χ3n) is 4.10. The number of benzene rings is 1. The number of rotatable bonds is 4. The Morgan fingerprint density at radius 2 is 2.17 bits per heavy atom. The summed E-state index contributed by atoms with van der Waals surface area (Å²) in [5.74, 6) is 1.99. The van der Waals surface area contributed by atoms with E-state index in [1.54, 1.807) is 11.3 Å². The summed E-state index contributed by atoms with van der Waals surface area (Å²) in [6.45, 7) is 3.72. The molecule has 118 valence electrons. The van der Waals surface area contributed by atoms with E-state index < -0.39 is 0 Å². The second-order valence-electron chi connectivity index (χ2n) is 5.87. The number of hydrogen-bond acceptors (Lipinski definition) is 5. The first-order valence-electron chi connectivity index (χ1n) is 7.92. The van der Waals surface area contributed by atoms with E-state index in [2.05, 4.69) is 32.5 Å². The first kappa shape index (κ1) is 14.5. The molecule has 0 amide bonds. The third kappa shape index (κ3) is 3.18. The van der Waals surface area contributed by atoms with Gasteiger partial charge >= 0.3 is 0 Å². The van der Waals surface area contributed by atoms with Crippen LogP contribution in [0.3, 0.4) is 0 Å². The topological polar surface area (TPSA) is 55.6 Å². The smallest absolute Gasteiger partial charge is 0.147 e. The first-order valence-corrected chi connectivity index (χ1v) is 8.73. The molecule has 3 aromatic rings. The zero-order chi connectivity index (χ0) is 15.6. The van der Waals surface area contributed by atoms with Crippen molar-refractivity contribution in [3.05, 3.63) is 53.1 Å². The van der Waals surface area contributed by atoms with Gasteiger partial charge in [-0.3, -0.25) is 0 Å². The number of nitrogens with zero attached hydrogens (tertiary/aromatic N) is 4. The second kappa shape index (κ2) is 6.22. The van der Waals surface area contributed by atoms with E-state index in [1.807, 2.05) is 36.0 Å². The molecule has 0 saturated heterocycles. The molecule has 1 atom stereocenters. The van der Waals surface area contributed by atoms with E-state index in [0.717, 1.165) is 42.6 Å². The van der Waals surface area contributed by atoms with Crippen LogP contribution in [-0.2, 0) is 19.5 Å². The standard InChI is InChI=1S/C17H19N5S/c1-12-20-16-8-7-14(11-22(16)21-12)18-9-15-10-19-17(23-15)13-5-3-2-4-6-13/h2-6,10,14,18H,7-9,11H2,1H3. The number of aryl methyl sites for hydroxylation is 2. The van der Waals surface area contributed by atoms with Crippen LogP contribution in [0.4, 0.5) is 0 Å². The summed E-state index contributed by atoms with van der Waals surface area (Å²) in [5, 5.41) is 9.17. The minimum absolute atomic E-state index is 0.450. The van der Waals surface area contributed by atoms with Crippen molar-refractivity contribution in [3.63, 3.8) is 0 Å². The molecule has 1 unspecified atom stereocenters. The van der Waals surface area contributed by atoms with Crippen molar-refractivity contribution in [3.8, 4) is 10.6 Å². The van der Waals surface area contributed by atoms with Crippen LogP contribution in [0.25, 0.3) is 10.6 Å². The average molecular weight is 325 g/mol. The van der Waals surface area contributed by atoms with E-state index in [0.29, 0.717) is 6.04 Å². The van der Waals surface area contributed by atoms with Gasteiger partial charge in [0.25, 0.3) is 0 Å². The number of thiazole rings is 1. The van der Waals surface area contributed by atoms with Crippen LogP contribution in [0.15, 0.2) is 36.5 Å². The molecule has 0 saturated carbocycles. The van der Waals surface area contributed by atoms with E-state index in [4.69, 9.17) is 0 Å². The van der Waals surface area contributed by atoms with Gasteiger partial charge in [0, 0.05) is 35.6 Å². The van der Waals surface area contributed by atoms with E-state index in [9.17, 15) is 0 Å². The SMILES string of the molecule is Cc1nc2n(n1)CC(NCc1cnc(-c3ccccc3)s1)CC2. The molecule has 1 aliphatic rings. The third-order valence-corrected chi connectivity index (χ3v) is 5.15. The predicted octanol–water partition coefficient (Wildman–Crippen LogP) is 2.81. The van der Waals surface area contributed by atoms with Crippen LogP contribution in [0.2, 0.25) is 0 Å². The van der Waals surface area contributed by atoms with Crippen LogP contribution < -0.4 is 5.32 Å². The van der Waals surface area contributed by atoms with Crippen molar-refractivity contribution < 1.29 is 0 Å². The van der Waals surface area contributed by atoms with Crippen molar-refractivity contribution in [2.45, 2.75) is 38.9 Å². The minimum atomic E-state index is 0.450. The van der Waals surface area contributed by atoms with Gasteiger partial charge in [-0.2, -0.15) is 5.10 Å². The molecule has 0 aliphatic carbocycles. The molecule has 0 spiro atoms. The maximum Gasteiger partial charge on any atom is 0.147 e. The highest BCUT2D eigenvalue weighted by atomic mass is 32.1. The number of hydrogen-bond donors (Lipinski definition) is 1. The number of fused-ring (bicyclic) bond motifs is 1. The van der Waals surface area contributed by atoms with Crippen LogP contribution in [0.5, 0.6) is 0 Å². The van der Waals surface area contributed by atoms with E-state index >= 15 is 0 Å². The Bertz CT molecular complexity index is 792. The Labute approximate surface area is 139 Å². The summed E-state index contributed by atoms with van der Waals surface area (Å²) >= 11 is 1.76. The molecule has 0 fully saturated rings. The van der Waals surface area contributed by atoms with Crippen molar-refractivity contribution in [2.75, 3.05) is 0 Å². The lowest BCUT2D eigenvalue weighted by Crippen LogP contribution is -2.37. The van der Waals surface area contributed by atoms with Crippen LogP contribution >= 0.6 is 11.3 Å². The number of aromatic nitrogens is 4. The van der Waals surface area contributed by atoms with E-state index in [1.165, 1.54) is 10.4 Å². The summed E-state index contributed by atoms with van der Waals surface area (Å²) < 4.78 is 2.04. The van der Waals surface area contributed by atoms with E-state index in [-0.39, 0.29) is 0 Å². The van der Waals surface area contributed by atoms with Crippen molar-refractivity contribution in [2.24, 2.45) is 0 Å². The summed E-state index contributed by atoms with van der Waals surface area (Å²) in [6, 6.07) is 10.8. The quantitative estimate of drug-likeness (QED) is 0.801. The molecular formula is C17H19N5S. The molecular weight excluding hydrogens is 306 g/mol. The van der Waals surface area contributed by atoms with Crippen molar-refractivity contribution >= 4 is 11.3 Å². The van der Waals surface area contributed by atoms with Gasteiger partial charge in [0.05, 0.1) is 6.54 Å². The van der Waals surface area contributed by atoms with Gasteiger partial charge in [-0.15, -0.1) is 11.3 Å². The van der Waals surface area contributed by atoms with Gasteiger partial charge in [-0.1, -0.05) is 30.3 Å². The molecule has 1 aliphatic heterocycles. The highest BCUT2D eigenvalue weighted by Crippen LogP contribution is 2.25. The predicted molar refractivity (Wildman–Crippen MR) is 91.3 cm³/mol. The summed E-state index contributed by atoms with van der Waals surface area (Å²) in [6.07, 6.45) is 4.09. The summed E-state index contributed by atoms with van der Waals surface area (Å²) in [7, 11) is 0. The highest BCUT2D eigenvalue weighted by Gasteiger charge is 2.20. The van der Waals surface area contributed by atoms with Gasteiger partial charge in [0.15, 0.2) is 0 Å². The first-order chi connectivity index (χ1) is 11.3. The van der Waals surface area contributed by atoms with Gasteiger partial charge in [-0.25, -0.2) is 14.6 Å². The monoisotopic (exact) mass is 325 g/mol. The van der Waals surface area contributed by atoms with Crippen molar-refractivity contribution in [1.82, 2.24) is 25.1 Å². The molecule has 2 aromatic heterocycles. The fourth-order valence-corrected chi connectivity index (χ4v) is 3.82. The lowest BCUT2D eigenvalue weighted by Gasteiger charge is -2.23. The summed E-state index contributed by atoms with van der Waals surface area (Å²) in [4.78, 5) is 10.3. The maximum atomic E-state index is 4.54. The van der Waals surface area contributed by atoms with Gasteiger partial charge < -0.3 is 5.32 Å². The second-order valence-corrected chi connectivity index (χ2v) is 6.99. The molecule has 1 aromatic carbocycles. The largest absolute Gasteiger partial charge is 0.307 e. The molecule has 5 nitrogen and oxygen atoms in total. The average Bonchev–Trinajstić information content (AvgIpc) is 3.18. The Balaban J connectivity index is 1.38. The summed E-state index contributed by atoms with van der Waals surface area (Å²) in [5.41, 5.74) is 1.18. The zero-order valence-corrected chi connectivity index (χ0v) is 13.9.